The van der Waals surface area contributed by atoms with Crippen molar-refractivity contribution in [1.29, 1.82) is 0 Å². The number of nitrogens with one attached hydrogen (secondary N) is 1. The fourth-order valence-corrected chi connectivity index (χ4v) is 4.84. The second-order valence-corrected chi connectivity index (χ2v) is 10.0. The van der Waals surface area contributed by atoms with Crippen LogP contribution in [0.25, 0.3) is 21.9 Å². The van der Waals surface area contributed by atoms with Crippen molar-refractivity contribution < 1.29 is 4.74 Å². The highest BCUT2D eigenvalue weighted by Gasteiger charge is 2.17. The van der Waals surface area contributed by atoms with Crippen molar-refractivity contribution in [3.05, 3.63) is 59.0 Å². The number of nitrogens with zero attached hydrogens (tertiary/aromatic N) is 4. The number of aromatic nitrogens is 3. The van der Waals surface area contributed by atoms with E-state index in [1.807, 2.05) is 46.8 Å². The van der Waals surface area contributed by atoms with E-state index in [0.717, 1.165) is 47.6 Å². The number of methoxy groups -OCH3 is 1. The van der Waals surface area contributed by atoms with Crippen LogP contribution in [0.1, 0.15) is 103 Å². The predicted octanol–water partition coefficient (Wildman–Crippen LogP) is 9.61. The number of fused-ring (bicyclic) bond motifs is 3. The summed E-state index contributed by atoms with van der Waals surface area (Å²) >= 11 is 0. The molecule has 4 rings (SSSR count). The van der Waals surface area contributed by atoms with Crippen molar-refractivity contribution in [3.63, 3.8) is 0 Å². The largest absolute Gasteiger partial charge is 0.496 e. The lowest BCUT2D eigenvalue weighted by molar-refractivity contribution is 0.410. The molecule has 1 N–H and O–H groups in total. The minimum atomic E-state index is 1.01. The van der Waals surface area contributed by atoms with Gasteiger partial charge >= 0.3 is 0 Å². The van der Waals surface area contributed by atoms with Crippen LogP contribution < -0.4 is 15.2 Å². The van der Waals surface area contributed by atoms with E-state index >= 15 is 0 Å². The molecule has 0 fully saturated rings. The number of ether oxygens (including phenoxy) is 1. The van der Waals surface area contributed by atoms with Crippen LogP contribution >= 0.6 is 0 Å². The molecule has 42 heavy (non-hydrogen) atoms. The number of anilines is 1. The lowest BCUT2D eigenvalue weighted by atomic mass is 10.1. The molecular formula is C36H59N5O. The van der Waals surface area contributed by atoms with Crippen molar-refractivity contribution in [1.82, 2.24) is 20.0 Å². The maximum absolute atomic E-state index is 5.22. The molecule has 6 nitrogen and oxygen atoms in total. The highest BCUT2D eigenvalue weighted by atomic mass is 16.5. The summed E-state index contributed by atoms with van der Waals surface area (Å²) in [6, 6.07) is 12.8. The Kier molecular flexibility index (Phi) is 17.5. The molecule has 6 heteroatoms. The van der Waals surface area contributed by atoms with Crippen molar-refractivity contribution in [2.45, 2.75) is 114 Å². The normalized spacial score (nSPS) is 10.3. The van der Waals surface area contributed by atoms with Gasteiger partial charge in [-0.15, -0.1) is 0 Å². The van der Waals surface area contributed by atoms with Crippen molar-refractivity contribution in [2.75, 3.05) is 26.2 Å². The molecule has 0 atom stereocenters. The van der Waals surface area contributed by atoms with Gasteiger partial charge < -0.3 is 14.3 Å². The summed E-state index contributed by atoms with van der Waals surface area (Å²) in [5, 5.41) is 3.22. The first kappa shape index (κ1) is 36.9. The molecule has 0 aliphatic rings. The minimum absolute atomic E-state index is 1.01. The molecule has 0 saturated carbocycles. The summed E-state index contributed by atoms with van der Waals surface area (Å²) in [5.74, 6) is 2.22. The number of pyridine rings is 1. The summed E-state index contributed by atoms with van der Waals surface area (Å²) in [6.07, 6.45) is 8.11. The van der Waals surface area contributed by atoms with Gasteiger partial charge in [0.2, 0.25) is 0 Å². The Morgan fingerprint density at radius 2 is 1.57 bits per heavy atom. The number of hydrogen-bond donors (Lipinski definition) is 1. The molecule has 0 unspecified atom stereocenters. The van der Waals surface area contributed by atoms with Crippen LogP contribution in [0.3, 0.4) is 0 Å². The number of imidazole rings is 1. The number of hydrogen-bond acceptors (Lipinski definition) is 5. The van der Waals surface area contributed by atoms with E-state index in [0.29, 0.717) is 0 Å². The molecule has 0 radical (unpaired) electrons. The molecule has 0 spiro atoms. The zero-order chi connectivity index (χ0) is 31.7. The Hall–Kier alpha value is -3.12. The average Bonchev–Trinajstić information content (AvgIpc) is 3.41. The van der Waals surface area contributed by atoms with E-state index in [1.54, 1.807) is 7.11 Å². The van der Waals surface area contributed by atoms with Gasteiger partial charge in [0, 0.05) is 32.4 Å². The molecular weight excluding hydrogens is 518 g/mol. The van der Waals surface area contributed by atoms with Gasteiger partial charge in [0.15, 0.2) is 0 Å². The molecule has 4 aromatic rings. The van der Waals surface area contributed by atoms with Crippen LogP contribution in [0, 0.1) is 13.8 Å². The first-order valence-electron chi connectivity index (χ1n) is 16.2. The van der Waals surface area contributed by atoms with Gasteiger partial charge in [-0.05, 0) is 68.5 Å². The quantitative estimate of drug-likeness (QED) is 0.142. The van der Waals surface area contributed by atoms with Gasteiger partial charge in [-0.2, -0.15) is 0 Å². The first-order valence-corrected chi connectivity index (χ1v) is 16.2. The van der Waals surface area contributed by atoms with Gasteiger partial charge in [0.05, 0.1) is 29.5 Å². The van der Waals surface area contributed by atoms with Crippen LogP contribution in [0.2, 0.25) is 0 Å². The molecule has 0 saturated heterocycles. The van der Waals surface area contributed by atoms with Crippen LogP contribution in [-0.2, 0) is 19.4 Å². The highest BCUT2D eigenvalue weighted by molar-refractivity contribution is 6.04. The summed E-state index contributed by atoms with van der Waals surface area (Å²) in [7, 11) is 5.68. The fraction of sp³-hybridized carbons (Fsp3) is 0.556. The van der Waals surface area contributed by atoms with E-state index in [-0.39, 0.29) is 0 Å². The van der Waals surface area contributed by atoms with E-state index in [9.17, 15) is 0 Å². The van der Waals surface area contributed by atoms with Crippen LogP contribution in [-0.4, -0.2) is 35.7 Å². The first-order chi connectivity index (χ1) is 20.4. The van der Waals surface area contributed by atoms with E-state index in [1.165, 1.54) is 60.0 Å². The van der Waals surface area contributed by atoms with Crippen LogP contribution in [0.15, 0.2) is 36.4 Å². The monoisotopic (exact) mass is 577 g/mol. The summed E-state index contributed by atoms with van der Waals surface area (Å²) in [5.41, 5.74) is 11.2. The van der Waals surface area contributed by atoms with E-state index < -0.39 is 0 Å². The molecule has 0 amide bonds. The molecule has 2 aromatic carbocycles. The third kappa shape index (κ3) is 9.72. The van der Waals surface area contributed by atoms with Crippen LogP contribution in [0.5, 0.6) is 5.75 Å². The van der Waals surface area contributed by atoms with Gasteiger partial charge in [-0.1, -0.05) is 79.9 Å². The number of benzene rings is 2. The van der Waals surface area contributed by atoms with E-state index in [2.05, 4.69) is 81.0 Å². The topological polar surface area (TPSA) is 55.2 Å². The summed E-state index contributed by atoms with van der Waals surface area (Å²) < 4.78 is 7.69. The van der Waals surface area contributed by atoms with Gasteiger partial charge in [-0.3, -0.25) is 4.98 Å². The van der Waals surface area contributed by atoms with Crippen LogP contribution in [0.4, 0.5) is 5.69 Å². The maximum Gasteiger partial charge on any atom is 0.122 e. The number of unbranched alkanes of at least 4 members (excludes halogenated alkanes) is 3. The maximum atomic E-state index is 5.22. The summed E-state index contributed by atoms with van der Waals surface area (Å²) in [6.45, 7) is 19.8. The zero-order valence-electron chi connectivity index (χ0n) is 28.8. The standard InChI is InChI=1S/C22H33N5.C10H14O.2C2H6/c1-6-8-10-14-27-20(11-9-7-2)25-21-16(3)24-19-13-12-17(26(5)23-4)15-18(19)22(21)27;1-4-9-6-5-8(2)7-10(9)11-3;2*1-2/h12-13,15,23H,6-11,14H2,1-5H3;5-7H,4H2,1-3H3;2*1-2H3. The SMILES string of the molecule is CC.CC.CCCCCn1c(CCCC)nc2c(C)nc3ccc(N(C)NC)cc3c21.CCc1ccc(C)cc1OC. The number of rotatable bonds is 11. The highest BCUT2D eigenvalue weighted by Crippen LogP contribution is 2.31. The summed E-state index contributed by atoms with van der Waals surface area (Å²) in [4.78, 5) is 9.89. The van der Waals surface area contributed by atoms with E-state index in [4.69, 9.17) is 14.7 Å². The van der Waals surface area contributed by atoms with Crippen molar-refractivity contribution in [3.8, 4) is 5.75 Å². The Bertz CT molecular complexity index is 1330. The minimum Gasteiger partial charge on any atom is -0.496 e. The molecule has 0 bridgehead atoms. The Morgan fingerprint density at radius 3 is 2.17 bits per heavy atom. The number of hydrazine groups is 1. The molecule has 0 aliphatic heterocycles. The second-order valence-electron chi connectivity index (χ2n) is 10.0. The Labute approximate surface area is 256 Å². The second kappa shape index (κ2) is 19.9. The third-order valence-corrected chi connectivity index (χ3v) is 7.20. The predicted molar refractivity (Wildman–Crippen MR) is 185 cm³/mol. The average molecular weight is 578 g/mol. The molecule has 2 heterocycles. The molecule has 0 aliphatic carbocycles. The van der Waals surface area contributed by atoms with Crippen molar-refractivity contribution in [2.24, 2.45) is 0 Å². The van der Waals surface area contributed by atoms with Gasteiger partial charge in [0.25, 0.3) is 0 Å². The smallest absolute Gasteiger partial charge is 0.122 e. The van der Waals surface area contributed by atoms with Gasteiger partial charge in [0.1, 0.15) is 17.1 Å². The lowest BCUT2D eigenvalue weighted by Crippen LogP contribution is -2.30. The fourth-order valence-electron chi connectivity index (χ4n) is 4.84. The lowest BCUT2D eigenvalue weighted by Gasteiger charge is -2.18. The Morgan fingerprint density at radius 1 is 0.881 bits per heavy atom. The third-order valence-electron chi connectivity index (χ3n) is 7.20. The molecule has 234 valence electrons. The zero-order valence-corrected chi connectivity index (χ0v) is 28.8. The van der Waals surface area contributed by atoms with Crippen molar-refractivity contribution >= 4 is 27.6 Å². The van der Waals surface area contributed by atoms with Gasteiger partial charge in [-0.25, -0.2) is 10.4 Å². The number of aryl methyl sites for hydroxylation is 5. The molecule has 2 aromatic heterocycles. The Balaban J connectivity index is 0.000000491.